The number of hydrogen-bond donors (Lipinski definition) is 4. The maximum absolute atomic E-state index is 13.6. The number of aromatic nitrogens is 4. The van der Waals surface area contributed by atoms with Crippen LogP contribution in [0.3, 0.4) is 0 Å². The molecule has 56 heavy (non-hydrogen) atoms. The number of benzene rings is 2. The summed E-state index contributed by atoms with van der Waals surface area (Å²) >= 11 is 0. The summed E-state index contributed by atoms with van der Waals surface area (Å²) in [5, 5.41) is 8.09. The molecule has 2 aromatic carbocycles. The third-order valence-electron chi connectivity index (χ3n) is 10.1. The van der Waals surface area contributed by atoms with Crippen molar-refractivity contribution in [2.24, 2.45) is 0 Å². The van der Waals surface area contributed by atoms with Gasteiger partial charge in [-0.3, -0.25) is 43.4 Å². The molecule has 3 aliphatic rings. The van der Waals surface area contributed by atoms with E-state index >= 15 is 0 Å². The monoisotopic (exact) mass is 756 g/mol. The Morgan fingerprint density at radius 1 is 0.929 bits per heavy atom. The molecule has 6 heterocycles. The van der Waals surface area contributed by atoms with E-state index in [1.54, 1.807) is 78.1 Å². The van der Waals surface area contributed by atoms with Crippen molar-refractivity contribution in [2.75, 3.05) is 42.7 Å². The van der Waals surface area contributed by atoms with Gasteiger partial charge in [0.15, 0.2) is 0 Å². The van der Waals surface area contributed by atoms with E-state index in [1.165, 1.54) is 6.07 Å². The molecule has 5 N–H and O–H groups in total. The number of nitrogens with two attached hydrogens (primary N) is 1. The Balaban J connectivity index is 0.911. The molecule has 1 unspecified atom stereocenters. The number of likely N-dealkylation sites (tertiary alicyclic amines) is 1. The predicted molar refractivity (Wildman–Crippen MR) is 201 cm³/mol. The van der Waals surface area contributed by atoms with Gasteiger partial charge in [0.1, 0.15) is 41.3 Å². The second-order valence-electron chi connectivity index (χ2n) is 13.5. The minimum absolute atomic E-state index is 0.0282. The molecule has 2 atom stereocenters. The van der Waals surface area contributed by atoms with Gasteiger partial charge in [-0.1, -0.05) is 24.3 Å². The number of nitrogens with one attached hydrogen (secondary N) is 3. The lowest BCUT2D eigenvalue weighted by Gasteiger charge is -2.27. The van der Waals surface area contributed by atoms with Crippen LogP contribution < -0.4 is 21.7 Å². The maximum Gasteiger partial charge on any atom is 0.264 e. The molecule has 17 heteroatoms. The van der Waals surface area contributed by atoms with E-state index in [1.807, 2.05) is 4.40 Å². The Morgan fingerprint density at radius 2 is 1.77 bits per heavy atom. The lowest BCUT2D eigenvalue weighted by Crippen LogP contribution is -2.54. The van der Waals surface area contributed by atoms with Gasteiger partial charge in [0.2, 0.25) is 17.7 Å². The molecule has 0 bridgehead atoms. The molecule has 6 amide bonds. The van der Waals surface area contributed by atoms with Crippen molar-refractivity contribution in [1.82, 2.24) is 34.5 Å². The lowest BCUT2D eigenvalue weighted by atomic mass is 10.0. The Bertz CT molecular complexity index is 2400. The number of hydrogen-bond acceptors (Lipinski definition) is 12. The average Bonchev–Trinajstić information content (AvgIpc) is 3.91. The van der Waals surface area contributed by atoms with Gasteiger partial charge in [0, 0.05) is 54.9 Å². The van der Waals surface area contributed by atoms with Gasteiger partial charge in [-0.05, 0) is 55.7 Å². The van der Waals surface area contributed by atoms with Crippen molar-refractivity contribution in [3.63, 3.8) is 0 Å². The summed E-state index contributed by atoms with van der Waals surface area (Å²) in [6.07, 6.45) is 6.45. The Kier molecular flexibility index (Phi) is 9.65. The van der Waals surface area contributed by atoms with Crippen LogP contribution in [-0.2, 0) is 19.1 Å². The summed E-state index contributed by atoms with van der Waals surface area (Å²) in [6, 6.07) is 15.6. The highest BCUT2D eigenvalue weighted by Crippen LogP contribution is 2.37. The molecule has 0 radical (unpaired) electrons. The number of ether oxygens (including phenoxy) is 1. The standard InChI is InChI=1S/C39H36N10O7/c40-34-33-32(22-9-11-23(12-10-22)36(52)44-28-8-1-2-15-42-28)46-35(48(33)19-16-43-34)26-7-4-18-47(26)30(51)21-56-20-17-41-25-6-3-5-24-31(25)39(55)49(38(24)54)27-13-14-29(50)45-37(27)53/h1-3,5-6,8-12,15-16,19,26-27,41H,4,7,13-14,17-18,20-21H2,(H2,40,43)(H,42,44,52)(H,45,50,53)/t26-,27?/m0/s1. The van der Waals surface area contributed by atoms with Crippen LogP contribution in [0.2, 0.25) is 0 Å². The minimum Gasteiger partial charge on any atom is -0.382 e. The van der Waals surface area contributed by atoms with E-state index in [0.29, 0.717) is 52.6 Å². The maximum atomic E-state index is 13.6. The van der Waals surface area contributed by atoms with Crippen molar-refractivity contribution in [3.05, 3.63) is 102 Å². The van der Waals surface area contributed by atoms with Crippen molar-refractivity contribution in [1.29, 1.82) is 0 Å². The van der Waals surface area contributed by atoms with Gasteiger partial charge >= 0.3 is 0 Å². The first-order valence-corrected chi connectivity index (χ1v) is 18.1. The molecule has 2 fully saturated rings. The van der Waals surface area contributed by atoms with Crippen LogP contribution >= 0.6 is 0 Å². The number of amides is 6. The number of nitrogens with zero attached hydrogens (tertiary/aromatic N) is 6. The van der Waals surface area contributed by atoms with Gasteiger partial charge < -0.3 is 26.0 Å². The van der Waals surface area contributed by atoms with E-state index < -0.39 is 29.7 Å². The van der Waals surface area contributed by atoms with Crippen LogP contribution in [0.15, 0.2) is 79.3 Å². The molecule has 0 aliphatic carbocycles. The predicted octanol–water partition coefficient (Wildman–Crippen LogP) is 2.82. The van der Waals surface area contributed by atoms with Gasteiger partial charge in [0.25, 0.3) is 17.7 Å². The number of carbonyl (C=O) groups excluding carboxylic acids is 6. The second kappa shape index (κ2) is 15.0. The Morgan fingerprint density at radius 3 is 2.55 bits per heavy atom. The van der Waals surface area contributed by atoms with Crippen LogP contribution in [0.5, 0.6) is 0 Å². The SMILES string of the molecule is Nc1nccn2c([C@@H]3CCCN3C(=O)COCCNc3cccc4c3C(=O)N(C3CCC(=O)NC3=O)C4=O)nc(-c3ccc(C(=O)Nc4ccccn4)cc3)c12. The van der Waals surface area contributed by atoms with Crippen molar-refractivity contribution < 1.29 is 33.5 Å². The summed E-state index contributed by atoms with van der Waals surface area (Å²) in [6.45, 7) is 0.637. The van der Waals surface area contributed by atoms with E-state index in [0.717, 1.165) is 11.3 Å². The van der Waals surface area contributed by atoms with Crippen LogP contribution in [-0.4, -0.2) is 96.9 Å². The van der Waals surface area contributed by atoms with Crippen LogP contribution in [0.1, 0.15) is 68.6 Å². The number of imide groups is 2. The zero-order valence-electron chi connectivity index (χ0n) is 29.9. The molecule has 3 aromatic heterocycles. The number of imidazole rings is 1. The fraction of sp³-hybridized carbons (Fsp3) is 0.256. The molecule has 17 nitrogen and oxygen atoms in total. The van der Waals surface area contributed by atoms with Crippen LogP contribution in [0, 0.1) is 0 Å². The highest BCUT2D eigenvalue weighted by molar-refractivity contribution is 6.25. The minimum atomic E-state index is -1.07. The molecule has 8 rings (SSSR count). The molecule has 3 aliphatic heterocycles. The highest BCUT2D eigenvalue weighted by atomic mass is 16.5. The number of fused-ring (bicyclic) bond motifs is 2. The van der Waals surface area contributed by atoms with Crippen LogP contribution in [0.25, 0.3) is 16.8 Å². The van der Waals surface area contributed by atoms with Gasteiger partial charge in [-0.2, -0.15) is 0 Å². The smallest absolute Gasteiger partial charge is 0.264 e. The van der Waals surface area contributed by atoms with Crippen molar-refractivity contribution in [2.45, 2.75) is 37.8 Å². The number of nitrogen functional groups attached to an aromatic ring is 1. The average molecular weight is 757 g/mol. The first-order valence-electron chi connectivity index (χ1n) is 18.1. The second-order valence-corrected chi connectivity index (χ2v) is 13.5. The van der Waals surface area contributed by atoms with Gasteiger partial charge in [-0.15, -0.1) is 0 Å². The third kappa shape index (κ3) is 6.68. The number of rotatable bonds is 11. The number of anilines is 3. The molecule has 5 aromatic rings. The fourth-order valence-corrected chi connectivity index (χ4v) is 7.42. The number of carbonyl (C=O) groups is 6. The molecule has 0 saturated carbocycles. The summed E-state index contributed by atoms with van der Waals surface area (Å²) in [7, 11) is 0. The van der Waals surface area contributed by atoms with E-state index in [9.17, 15) is 28.8 Å². The summed E-state index contributed by atoms with van der Waals surface area (Å²) in [4.78, 5) is 93.1. The largest absolute Gasteiger partial charge is 0.382 e. The van der Waals surface area contributed by atoms with Crippen LogP contribution in [0.4, 0.5) is 17.3 Å². The van der Waals surface area contributed by atoms with Gasteiger partial charge in [0.05, 0.1) is 23.8 Å². The summed E-state index contributed by atoms with van der Waals surface area (Å²) < 4.78 is 7.63. The molecule has 284 valence electrons. The lowest BCUT2D eigenvalue weighted by molar-refractivity contribution is -0.137. The number of pyridine rings is 1. The molecular formula is C39H36N10O7. The highest BCUT2D eigenvalue weighted by Gasteiger charge is 2.45. The normalized spacial score (nSPS) is 18.0. The quantitative estimate of drug-likeness (QED) is 0.113. The van der Waals surface area contributed by atoms with E-state index in [-0.39, 0.29) is 67.4 Å². The summed E-state index contributed by atoms with van der Waals surface area (Å²) in [5.41, 5.74) is 9.38. The van der Waals surface area contributed by atoms with Gasteiger partial charge in [-0.25, -0.2) is 15.0 Å². The first-order chi connectivity index (χ1) is 27.2. The third-order valence-corrected chi connectivity index (χ3v) is 10.1. The van der Waals surface area contributed by atoms with E-state index in [4.69, 9.17) is 15.5 Å². The zero-order valence-corrected chi connectivity index (χ0v) is 29.9. The van der Waals surface area contributed by atoms with Crippen molar-refractivity contribution in [3.8, 4) is 11.3 Å². The Hall–Kier alpha value is -7.01. The summed E-state index contributed by atoms with van der Waals surface area (Å²) in [5.74, 6) is -1.54. The van der Waals surface area contributed by atoms with E-state index in [2.05, 4.69) is 25.9 Å². The first kappa shape index (κ1) is 36.0. The molecule has 0 spiro atoms. The fourth-order valence-electron chi connectivity index (χ4n) is 7.42. The zero-order chi connectivity index (χ0) is 38.9. The Labute approximate surface area is 319 Å². The topological polar surface area (TPSA) is 223 Å². The molecule has 2 saturated heterocycles. The van der Waals surface area contributed by atoms with Crippen molar-refractivity contribution >= 4 is 58.3 Å². The number of piperidine rings is 1. The molecular weight excluding hydrogens is 720 g/mol.